The molecule has 0 aliphatic rings. The average Bonchev–Trinajstić information content (AvgIpc) is 2.74. The summed E-state index contributed by atoms with van der Waals surface area (Å²) in [5.74, 6) is 3.57. The Kier molecular flexibility index (Phi) is 6.68. The predicted octanol–water partition coefficient (Wildman–Crippen LogP) is 5.12. The summed E-state index contributed by atoms with van der Waals surface area (Å²) in [4.78, 5) is 9.37. The molecule has 0 saturated heterocycles. The Morgan fingerprint density at radius 2 is 1.68 bits per heavy atom. The minimum Gasteiger partial charge on any atom is -0.497 e. The lowest BCUT2D eigenvalue weighted by Crippen LogP contribution is -2.06. The van der Waals surface area contributed by atoms with E-state index in [0.29, 0.717) is 17.4 Å². The van der Waals surface area contributed by atoms with Gasteiger partial charge in [0.05, 0.1) is 19.9 Å². The van der Waals surface area contributed by atoms with Gasteiger partial charge in [-0.1, -0.05) is 43.7 Å². The molecule has 146 valence electrons. The highest BCUT2D eigenvalue weighted by atomic mass is 16.5. The van der Waals surface area contributed by atoms with E-state index < -0.39 is 0 Å². The van der Waals surface area contributed by atoms with E-state index in [9.17, 15) is 0 Å². The molecule has 0 aliphatic carbocycles. The number of aromatic nitrogens is 2. The van der Waals surface area contributed by atoms with Gasteiger partial charge in [0.2, 0.25) is 0 Å². The van der Waals surface area contributed by atoms with Crippen molar-refractivity contribution in [2.45, 2.75) is 19.8 Å². The van der Waals surface area contributed by atoms with Gasteiger partial charge in [-0.15, -0.1) is 0 Å². The van der Waals surface area contributed by atoms with Crippen LogP contribution < -0.4 is 20.1 Å². The minimum atomic E-state index is 0.659. The van der Waals surface area contributed by atoms with E-state index in [1.807, 2.05) is 54.6 Å². The monoisotopic (exact) mass is 378 g/mol. The number of benzene rings is 2. The molecule has 0 unspecified atom stereocenters. The normalized spacial score (nSPS) is 10.4. The second kappa shape index (κ2) is 9.60. The molecule has 1 heterocycles. The van der Waals surface area contributed by atoms with Gasteiger partial charge < -0.3 is 20.1 Å². The first-order chi connectivity index (χ1) is 13.7. The van der Waals surface area contributed by atoms with Crippen molar-refractivity contribution in [2.75, 3.05) is 31.4 Å². The van der Waals surface area contributed by atoms with Crippen LogP contribution in [0, 0.1) is 0 Å². The van der Waals surface area contributed by atoms with Gasteiger partial charge >= 0.3 is 0 Å². The highest BCUT2D eigenvalue weighted by Gasteiger charge is 2.10. The van der Waals surface area contributed by atoms with Crippen LogP contribution in [0.5, 0.6) is 11.5 Å². The van der Waals surface area contributed by atoms with Crippen LogP contribution in [0.1, 0.15) is 19.8 Å². The second-order valence-electron chi connectivity index (χ2n) is 6.30. The molecule has 0 bridgehead atoms. The summed E-state index contributed by atoms with van der Waals surface area (Å²) in [6, 6.07) is 17.4. The van der Waals surface area contributed by atoms with Gasteiger partial charge in [-0.05, 0) is 18.6 Å². The molecular weight excluding hydrogens is 352 g/mol. The van der Waals surface area contributed by atoms with Gasteiger partial charge in [-0.3, -0.25) is 0 Å². The fourth-order valence-corrected chi connectivity index (χ4v) is 2.76. The van der Waals surface area contributed by atoms with Crippen LogP contribution in [0.2, 0.25) is 0 Å². The van der Waals surface area contributed by atoms with E-state index >= 15 is 0 Å². The van der Waals surface area contributed by atoms with E-state index in [1.54, 1.807) is 14.2 Å². The molecule has 6 nitrogen and oxygen atoms in total. The van der Waals surface area contributed by atoms with Crippen molar-refractivity contribution < 1.29 is 9.47 Å². The number of nitrogens with one attached hydrogen (secondary N) is 2. The Balaban J connectivity index is 1.96. The van der Waals surface area contributed by atoms with Gasteiger partial charge in [0.15, 0.2) is 5.82 Å². The van der Waals surface area contributed by atoms with Crippen LogP contribution in [-0.2, 0) is 0 Å². The van der Waals surface area contributed by atoms with Gasteiger partial charge in [-0.2, -0.15) is 0 Å². The Morgan fingerprint density at radius 3 is 2.39 bits per heavy atom. The Bertz CT molecular complexity index is 900. The number of unbranched alkanes of at least 4 members (excludes halogenated alkanes) is 1. The van der Waals surface area contributed by atoms with E-state index in [4.69, 9.17) is 14.5 Å². The summed E-state index contributed by atoms with van der Waals surface area (Å²) >= 11 is 0. The molecule has 0 spiro atoms. The second-order valence-corrected chi connectivity index (χ2v) is 6.30. The van der Waals surface area contributed by atoms with Crippen LogP contribution in [0.4, 0.5) is 17.3 Å². The van der Waals surface area contributed by atoms with Crippen molar-refractivity contribution >= 4 is 17.3 Å². The average molecular weight is 378 g/mol. The molecule has 3 rings (SSSR count). The van der Waals surface area contributed by atoms with Gasteiger partial charge in [-0.25, -0.2) is 9.97 Å². The van der Waals surface area contributed by atoms with Crippen LogP contribution in [0.25, 0.3) is 11.4 Å². The molecule has 0 atom stereocenters. The molecule has 1 aromatic heterocycles. The first-order valence-electron chi connectivity index (χ1n) is 9.41. The molecule has 0 saturated carbocycles. The maximum atomic E-state index is 5.46. The lowest BCUT2D eigenvalue weighted by Gasteiger charge is -2.14. The quantitative estimate of drug-likeness (QED) is 0.504. The number of nitrogens with zero attached hydrogens (tertiary/aromatic N) is 2. The van der Waals surface area contributed by atoms with Crippen molar-refractivity contribution in [1.29, 1.82) is 0 Å². The Labute approximate surface area is 166 Å². The number of rotatable bonds is 9. The predicted molar refractivity (Wildman–Crippen MR) is 114 cm³/mol. The fourth-order valence-electron chi connectivity index (χ4n) is 2.76. The first-order valence-corrected chi connectivity index (χ1v) is 9.41. The third kappa shape index (κ3) is 4.91. The van der Waals surface area contributed by atoms with Crippen LogP contribution in [0.15, 0.2) is 54.6 Å². The van der Waals surface area contributed by atoms with Crippen LogP contribution in [-0.4, -0.2) is 30.7 Å². The lowest BCUT2D eigenvalue weighted by atomic mass is 10.2. The smallest absolute Gasteiger partial charge is 0.163 e. The number of hydrogen-bond donors (Lipinski definition) is 2. The molecule has 2 N–H and O–H groups in total. The fraction of sp³-hybridized carbons (Fsp3) is 0.273. The molecule has 6 heteroatoms. The maximum absolute atomic E-state index is 5.46. The summed E-state index contributed by atoms with van der Waals surface area (Å²) in [6.45, 7) is 3.03. The Hall–Kier alpha value is -3.28. The van der Waals surface area contributed by atoms with E-state index in [2.05, 4.69) is 22.5 Å². The standard InChI is InChI=1S/C22H26N4O2/c1-4-5-13-23-20-15-21(26-22(25-20)16-9-7-6-8-10-16)24-18-14-17(27-2)11-12-19(18)28-3/h6-12,14-15H,4-5,13H2,1-3H3,(H2,23,24,25,26). The molecule has 0 amide bonds. The maximum Gasteiger partial charge on any atom is 0.163 e. The van der Waals surface area contributed by atoms with Crippen molar-refractivity contribution in [3.05, 3.63) is 54.6 Å². The third-order valence-corrected chi connectivity index (χ3v) is 4.26. The van der Waals surface area contributed by atoms with Crippen molar-refractivity contribution in [1.82, 2.24) is 9.97 Å². The van der Waals surface area contributed by atoms with E-state index in [1.165, 1.54) is 0 Å². The summed E-state index contributed by atoms with van der Waals surface area (Å²) in [7, 11) is 3.28. The Morgan fingerprint density at radius 1 is 0.893 bits per heavy atom. The molecule has 0 radical (unpaired) electrons. The highest BCUT2D eigenvalue weighted by molar-refractivity contribution is 5.69. The number of hydrogen-bond acceptors (Lipinski definition) is 6. The number of methoxy groups -OCH3 is 2. The summed E-state index contributed by atoms with van der Waals surface area (Å²) < 4.78 is 10.8. The molecular formula is C22H26N4O2. The summed E-state index contributed by atoms with van der Waals surface area (Å²) in [6.07, 6.45) is 2.20. The van der Waals surface area contributed by atoms with Crippen molar-refractivity contribution in [3.63, 3.8) is 0 Å². The molecule has 3 aromatic rings. The number of ether oxygens (including phenoxy) is 2. The first kappa shape index (κ1) is 19.5. The van der Waals surface area contributed by atoms with E-state index in [0.717, 1.165) is 42.2 Å². The zero-order valence-corrected chi connectivity index (χ0v) is 16.5. The molecule has 0 aliphatic heterocycles. The SMILES string of the molecule is CCCCNc1cc(Nc2cc(OC)ccc2OC)nc(-c2ccccc2)n1. The highest BCUT2D eigenvalue weighted by Crippen LogP contribution is 2.32. The zero-order valence-electron chi connectivity index (χ0n) is 16.5. The van der Waals surface area contributed by atoms with Crippen molar-refractivity contribution in [2.24, 2.45) is 0 Å². The molecule has 2 aromatic carbocycles. The number of anilines is 3. The summed E-state index contributed by atoms with van der Waals surface area (Å²) in [5, 5.41) is 6.73. The lowest BCUT2D eigenvalue weighted by molar-refractivity contribution is 0.405. The summed E-state index contributed by atoms with van der Waals surface area (Å²) in [5.41, 5.74) is 1.74. The van der Waals surface area contributed by atoms with Crippen LogP contribution in [0.3, 0.4) is 0 Å². The van der Waals surface area contributed by atoms with E-state index in [-0.39, 0.29) is 0 Å². The van der Waals surface area contributed by atoms with Gasteiger partial charge in [0, 0.05) is 24.2 Å². The largest absolute Gasteiger partial charge is 0.497 e. The minimum absolute atomic E-state index is 0.659. The zero-order chi connectivity index (χ0) is 19.8. The van der Waals surface area contributed by atoms with Crippen LogP contribution >= 0.6 is 0 Å². The van der Waals surface area contributed by atoms with Gasteiger partial charge in [0.25, 0.3) is 0 Å². The van der Waals surface area contributed by atoms with Crippen molar-refractivity contribution in [3.8, 4) is 22.9 Å². The molecule has 28 heavy (non-hydrogen) atoms. The molecule has 0 fully saturated rings. The third-order valence-electron chi connectivity index (χ3n) is 4.26. The topological polar surface area (TPSA) is 68.3 Å². The van der Waals surface area contributed by atoms with Gasteiger partial charge in [0.1, 0.15) is 23.1 Å².